The van der Waals surface area contributed by atoms with Crippen molar-refractivity contribution in [1.82, 2.24) is 4.90 Å². The van der Waals surface area contributed by atoms with Crippen molar-refractivity contribution in [3.8, 4) is 11.3 Å². The zero-order valence-electron chi connectivity index (χ0n) is 16.6. The normalized spacial score (nSPS) is 14.8. The van der Waals surface area contributed by atoms with E-state index in [1.807, 2.05) is 30.3 Å². The van der Waals surface area contributed by atoms with E-state index in [1.54, 1.807) is 25.1 Å². The topological polar surface area (TPSA) is 59.8 Å². The summed E-state index contributed by atoms with van der Waals surface area (Å²) in [6.45, 7) is 5.02. The summed E-state index contributed by atoms with van der Waals surface area (Å²) in [5.41, 5.74) is 2.08. The molecule has 0 N–H and O–H groups in total. The van der Waals surface area contributed by atoms with Gasteiger partial charge in [-0.05, 0) is 51.1 Å². The highest BCUT2D eigenvalue weighted by molar-refractivity contribution is 5.94. The van der Waals surface area contributed by atoms with Crippen molar-refractivity contribution in [2.75, 3.05) is 26.2 Å². The van der Waals surface area contributed by atoms with Crippen LogP contribution >= 0.6 is 0 Å². The summed E-state index contributed by atoms with van der Waals surface area (Å²) in [6, 6.07) is 14.4. The highest BCUT2D eigenvalue weighted by Crippen LogP contribution is 2.26. The Labute approximate surface area is 169 Å². The Morgan fingerprint density at radius 3 is 2.59 bits per heavy atom. The first-order chi connectivity index (χ1) is 14.1. The molecule has 0 bridgehead atoms. The molecule has 150 valence electrons. The van der Waals surface area contributed by atoms with Gasteiger partial charge in [0.2, 0.25) is 0 Å². The summed E-state index contributed by atoms with van der Waals surface area (Å²) >= 11 is 0. The molecule has 2 aromatic carbocycles. The number of fused-ring (bicyclic) bond motifs is 1. The van der Waals surface area contributed by atoms with E-state index in [0.29, 0.717) is 34.5 Å². The van der Waals surface area contributed by atoms with Gasteiger partial charge in [0.05, 0.1) is 10.9 Å². The lowest BCUT2D eigenvalue weighted by Crippen LogP contribution is -2.33. The number of carbonyl (C=O) groups is 1. The molecule has 1 aliphatic rings. The summed E-state index contributed by atoms with van der Waals surface area (Å²) in [5.74, 6) is 0.132. The number of esters is 1. The highest BCUT2D eigenvalue weighted by Gasteiger charge is 2.16. The van der Waals surface area contributed by atoms with Crippen LogP contribution in [0.5, 0.6) is 0 Å². The Morgan fingerprint density at radius 1 is 1.07 bits per heavy atom. The van der Waals surface area contributed by atoms with Crippen molar-refractivity contribution in [1.29, 1.82) is 0 Å². The van der Waals surface area contributed by atoms with E-state index < -0.39 is 5.97 Å². The van der Waals surface area contributed by atoms with Gasteiger partial charge in [-0.2, -0.15) is 0 Å². The molecule has 5 nitrogen and oxygen atoms in total. The van der Waals surface area contributed by atoms with Gasteiger partial charge in [-0.25, -0.2) is 4.79 Å². The zero-order valence-corrected chi connectivity index (χ0v) is 16.6. The minimum atomic E-state index is -0.395. The lowest BCUT2D eigenvalue weighted by molar-refractivity contribution is 0.0452. The molecule has 0 spiro atoms. The average molecular weight is 391 g/mol. The molecule has 1 aromatic heterocycles. The maximum atomic E-state index is 12.8. The summed E-state index contributed by atoms with van der Waals surface area (Å²) in [7, 11) is 0. The minimum Gasteiger partial charge on any atom is -0.461 e. The molecule has 4 rings (SSSR count). The Morgan fingerprint density at radius 2 is 1.83 bits per heavy atom. The van der Waals surface area contributed by atoms with Crippen LogP contribution in [0.2, 0.25) is 0 Å². The van der Waals surface area contributed by atoms with Crippen molar-refractivity contribution in [2.45, 2.75) is 26.2 Å². The predicted octanol–water partition coefficient (Wildman–Crippen LogP) is 4.41. The van der Waals surface area contributed by atoms with Gasteiger partial charge in [0.1, 0.15) is 18.0 Å². The summed E-state index contributed by atoms with van der Waals surface area (Å²) in [4.78, 5) is 27.6. The second-order valence-corrected chi connectivity index (χ2v) is 7.50. The first-order valence-electron chi connectivity index (χ1n) is 10.2. The van der Waals surface area contributed by atoms with Crippen molar-refractivity contribution < 1.29 is 13.9 Å². The summed E-state index contributed by atoms with van der Waals surface area (Å²) in [6.07, 6.45) is 3.70. The Balaban J connectivity index is 1.55. The first kappa shape index (κ1) is 19.4. The van der Waals surface area contributed by atoms with Crippen LogP contribution in [0.3, 0.4) is 0 Å². The molecule has 0 amide bonds. The second-order valence-electron chi connectivity index (χ2n) is 7.50. The maximum absolute atomic E-state index is 12.8. The fraction of sp³-hybridized carbons (Fsp3) is 0.333. The first-order valence-corrected chi connectivity index (χ1v) is 10.2. The number of benzene rings is 2. The number of hydrogen-bond donors (Lipinski definition) is 0. The Hall–Kier alpha value is -2.92. The molecular weight excluding hydrogens is 366 g/mol. The van der Waals surface area contributed by atoms with Crippen LogP contribution in [0, 0.1) is 6.92 Å². The third-order valence-corrected chi connectivity index (χ3v) is 5.48. The molecule has 0 saturated carbocycles. The smallest absolute Gasteiger partial charge is 0.338 e. The Kier molecular flexibility index (Phi) is 5.76. The monoisotopic (exact) mass is 391 g/mol. The highest BCUT2D eigenvalue weighted by atomic mass is 16.5. The quantitative estimate of drug-likeness (QED) is 0.603. The van der Waals surface area contributed by atoms with Crippen LogP contribution in [-0.4, -0.2) is 37.1 Å². The maximum Gasteiger partial charge on any atom is 0.338 e. The third kappa shape index (κ3) is 4.25. The van der Waals surface area contributed by atoms with Gasteiger partial charge in [0.15, 0.2) is 5.43 Å². The van der Waals surface area contributed by atoms with Crippen molar-refractivity contribution >= 4 is 16.9 Å². The second kappa shape index (κ2) is 8.62. The van der Waals surface area contributed by atoms with Gasteiger partial charge in [-0.15, -0.1) is 0 Å². The van der Waals surface area contributed by atoms with Crippen molar-refractivity contribution in [3.63, 3.8) is 0 Å². The number of piperidine rings is 1. The van der Waals surface area contributed by atoms with E-state index in [-0.39, 0.29) is 5.43 Å². The van der Waals surface area contributed by atoms with Crippen LogP contribution < -0.4 is 5.43 Å². The van der Waals surface area contributed by atoms with E-state index in [0.717, 1.165) is 25.2 Å². The Bertz CT molecular complexity index is 1070. The van der Waals surface area contributed by atoms with Gasteiger partial charge in [-0.1, -0.05) is 36.8 Å². The molecule has 2 heterocycles. The van der Waals surface area contributed by atoms with Crippen LogP contribution in [-0.2, 0) is 4.74 Å². The standard InChI is InChI=1S/C24H25NO4/c1-17-22(26)20-11-10-19(24(27)28-15-14-25-12-6-3-7-13-25)16-21(20)29-23(17)18-8-4-2-5-9-18/h2,4-5,8-11,16H,3,6-7,12-15H2,1H3. The number of likely N-dealkylation sites (tertiary alicyclic amines) is 1. The average Bonchev–Trinajstić information content (AvgIpc) is 2.77. The summed E-state index contributed by atoms with van der Waals surface area (Å²) < 4.78 is 11.5. The van der Waals surface area contributed by atoms with Crippen LogP contribution in [0.25, 0.3) is 22.3 Å². The fourth-order valence-corrected chi connectivity index (χ4v) is 3.81. The molecule has 1 fully saturated rings. The summed E-state index contributed by atoms with van der Waals surface area (Å²) in [5, 5.41) is 0.465. The molecule has 29 heavy (non-hydrogen) atoms. The molecule has 0 radical (unpaired) electrons. The van der Waals surface area contributed by atoms with E-state index in [4.69, 9.17) is 9.15 Å². The van der Waals surface area contributed by atoms with Crippen LogP contribution in [0.4, 0.5) is 0 Å². The number of rotatable bonds is 5. The molecule has 1 aliphatic heterocycles. The van der Waals surface area contributed by atoms with E-state index in [2.05, 4.69) is 4.90 Å². The largest absolute Gasteiger partial charge is 0.461 e. The van der Waals surface area contributed by atoms with E-state index in [1.165, 1.54) is 19.3 Å². The number of hydrogen-bond acceptors (Lipinski definition) is 5. The van der Waals surface area contributed by atoms with Gasteiger partial charge in [0, 0.05) is 17.7 Å². The molecule has 3 aromatic rings. The van der Waals surface area contributed by atoms with E-state index in [9.17, 15) is 9.59 Å². The molecule has 0 atom stereocenters. The molecule has 5 heteroatoms. The molecule has 0 unspecified atom stereocenters. The van der Waals surface area contributed by atoms with Crippen LogP contribution in [0.15, 0.2) is 57.7 Å². The van der Waals surface area contributed by atoms with Gasteiger partial charge in [-0.3, -0.25) is 9.69 Å². The van der Waals surface area contributed by atoms with Gasteiger partial charge >= 0.3 is 5.97 Å². The molecular formula is C24H25NO4. The zero-order chi connectivity index (χ0) is 20.2. The number of nitrogens with zero attached hydrogens (tertiary/aromatic N) is 1. The number of carbonyl (C=O) groups excluding carboxylic acids is 1. The van der Waals surface area contributed by atoms with Gasteiger partial charge in [0.25, 0.3) is 0 Å². The van der Waals surface area contributed by atoms with Crippen LogP contribution in [0.1, 0.15) is 35.2 Å². The minimum absolute atomic E-state index is 0.0879. The predicted molar refractivity (Wildman–Crippen MR) is 113 cm³/mol. The third-order valence-electron chi connectivity index (χ3n) is 5.48. The molecule has 0 aliphatic carbocycles. The van der Waals surface area contributed by atoms with Crippen molar-refractivity contribution in [2.24, 2.45) is 0 Å². The van der Waals surface area contributed by atoms with Crippen molar-refractivity contribution in [3.05, 3.63) is 69.9 Å². The SMILES string of the molecule is Cc1c(-c2ccccc2)oc2cc(C(=O)OCCN3CCCCC3)ccc2c1=O. The number of ether oxygens (including phenoxy) is 1. The molecule has 1 saturated heterocycles. The van der Waals surface area contributed by atoms with Gasteiger partial charge < -0.3 is 9.15 Å². The lowest BCUT2D eigenvalue weighted by Gasteiger charge is -2.25. The van der Waals surface area contributed by atoms with E-state index >= 15 is 0 Å². The fourth-order valence-electron chi connectivity index (χ4n) is 3.81. The lowest BCUT2D eigenvalue weighted by atomic mass is 10.0.